The summed E-state index contributed by atoms with van der Waals surface area (Å²) in [5.74, 6) is 0.577. The normalized spacial score (nSPS) is 24.4. The fourth-order valence-corrected chi connectivity index (χ4v) is 2.79. The fourth-order valence-electron chi connectivity index (χ4n) is 2.79. The SMILES string of the molecule is CCNCC1CCCOC1c1cn(C)nc1CC. The van der Waals surface area contributed by atoms with E-state index < -0.39 is 0 Å². The molecule has 2 unspecified atom stereocenters. The first-order valence-corrected chi connectivity index (χ1v) is 7.11. The molecule has 0 aromatic carbocycles. The van der Waals surface area contributed by atoms with Gasteiger partial charge in [-0.25, -0.2) is 0 Å². The van der Waals surface area contributed by atoms with Crippen LogP contribution in [0.15, 0.2) is 6.20 Å². The minimum atomic E-state index is 0.224. The standard InChI is InChI=1S/C14H25N3O/c1-4-13-12(10-17(3)16-13)14-11(9-15-5-2)7-6-8-18-14/h10-11,14-15H,4-9H2,1-3H3. The van der Waals surface area contributed by atoms with E-state index in [9.17, 15) is 0 Å². The predicted molar refractivity (Wildman–Crippen MR) is 72.5 cm³/mol. The van der Waals surface area contributed by atoms with E-state index in [0.717, 1.165) is 26.1 Å². The Hall–Kier alpha value is -0.870. The van der Waals surface area contributed by atoms with Gasteiger partial charge in [-0.3, -0.25) is 4.68 Å². The molecule has 1 aliphatic heterocycles. The number of ether oxygens (including phenoxy) is 1. The maximum absolute atomic E-state index is 6.04. The third-order valence-electron chi connectivity index (χ3n) is 3.68. The molecule has 0 saturated carbocycles. The first-order chi connectivity index (χ1) is 8.76. The number of hydrogen-bond donors (Lipinski definition) is 1. The Morgan fingerprint density at radius 3 is 3.06 bits per heavy atom. The molecule has 1 fully saturated rings. The summed E-state index contributed by atoms with van der Waals surface area (Å²) in [6.45, 7) is 7.26. The zero-order chi connectivity index (χ0) is 13.0. The molecule has 0 amide bonds. The Morgan fingerprint density at radius 1 is 1.50 bits per heavy atom. The molecule has 2 heterocycles. The molecule has 1 N–H and O–H groups in total. The van der Waals surface area contributed by atoms with Crippen molar-refractivity contribution < 1.29 is 4.74 Å². The van der Waals surface area contributed by atoms with Gasteiger partial charge in [-0.15, -0.1) is 0 Å². The van der Waals surface area contributed by atoms with Gasteiger partial charge in [0.15, 0.2) is 0 Å². The van der Waals surface area contributed by atoms with Gasteiger partial charge < -0.3 is 10.1 Å². The number of rotatable bonds is 5. The van der Waals surface area contributed by atoms with Crippen LogP contribution in [0, 0.1) is 5.92 Å². The second-order valence-electron chi connectivity index (χ2n) is 5.06. The minimum absolute atomic E-state index is 0.224. The third kappa shape index (κ3) is 2.93. The summed E-state index contributed by atoms with van der Waals surface area (Å²) in [7, 11) is 1.99. The maximum atomic E-state index is 6.04. The van der Waals surface area contributed by atoms with Gasteiger partial charge in [-0.05, 0) is 25.8 Å². The van der Waals surface area contributed by atoms with Gasteiger partial charge in [0.25, 0.3) is 0 Å². The number of hydrogen-bond acceptors (Lipinski definition) is 3. The van der Waals surface area contributed by atoms with Crippen molar-refractivity contribution in [1.29, 1.82) is 0 Å². The summed E-state index contributed by atoms with van der Waals surface area (Å²) in [5, 5.41) is 7.99. The molecule has 2 atom stereocenters. The molecule has 0 spiro atoms. The van der Waals surface area contributed by atoms with Gasteiger partial charge in [0.1, 0.15) is 0 Å². The van der Waals surface area contributed by atoms with Crippen molar-refractivity contribution in [2.45, 2.75) is 39.2 Å². The van der Waals surface area contributed by atoms with E-state index in [-0.39, 0.29) is 6.10 Å². The lowest BCUT2D eigenvalue weighted by Crippen LogP contribution is -2.32. The van der Waals surface area contributed by atoms with Gasteiger partial charge >= 0.3 is 0 Å². The van der Waals surface area contributed by atoms with Crippen LogP contribution in [0.5, 0.6) is 0 Å². The second kappa shape index (κ2) is 6.34. The van der Waals surface area contributed by atoms with Crippen molar-refractivity contribution in [2.24, 2.45) is 13.0 Å². The minimum Gasteiger partial charge on any atom is -0.373 e. The molecule has 102 valence electrons. The van der Waals surface area contributed by atoms with Crippen molar-refractivity contribution in [3.63, 3.8) is 0 Å². The Morgan fingerprint density at radius 2 is 2.33 bits per heavy atom. The summed E-state index contributed by atoms with van der Waals surface area (Å²) < 4.78 is 7.95. The highest BCUT2D eigenvalue weighted by Crippen LogP contribution is 2.34. The molecule has 4 nitrogen and oxygen atoms in total. The van der Waals surface area contributed by atoms with Crippen LogP contribution in [0.3, 0.4) is 0 Å². The van der Waals surface area contributed by atoms with E-state index >= 15 is 0 Å². The van der Waals surface area contributed by atoms with Crippen LogP contribution < -0.4 is 5.32 Å². The molecule has 0 bridgehead atoms. The van der Waals surface area contributed by atoms with E-state index in [1.165, 1.54) is 24.1 Å². The van der Waals surface area contributed by atoms with Crippen LogP contribution in [0.1, 0.15) is 44.1 Å². The Kier molecular flexibility index (Phi) is 4.78. The summed E-state index contributed by atoms with van der Waals surface area (Å²) in [6, 6.07) is 0. The van der Waals surface area contributed by atoms with Crippen molar-refractivity contribution >= 4 is 0 Å². The number of nitrogens with zero attached hydrogens (tertiary/aromatic N) is 2. The van der Waals surface area contributed by atoms with Gasteiger partial charge in [0, 0.05) is 37.9 Å². The first kappa shape index (κ1) is 13.6. The lowest BCUT2D eigenvalue weighted by molar-refractivity contribution is -0.0281. The summed E-state index contributed by atoms with van der Waals surface area (Å²) >= 11 is 0. The van der Waals surface area contributed by atoms with Gasteiger partial charge in [0.05, 0.1) is 11.8 Å². The number of nitrogens with one attached hydrogen (secondary N) is 1. The first-order valence-electron chi connectivity index (χ1n) is 7.11. The molecular formula is C14H25N3O. The molecule has 2 rings (SSSR count). The maximum Gasteiger partial charge on any atom is 0.0898 e. The third-order valence-corrected chi connectivity index (χ3v) is 3.68. The average molecular weight is 251 g/mol. The molecule has 1 saturated heterocycles. The summed E-state index contributed by atoms with van der Waals surface area (Å²) in [4.78, 5) is 0. The summed E-state index contributed by atoms with van der Waals surface area (Å²) in [5.41, 5.74) is 2.48. The summed E-state index contributed by atoms with van der Waals surface area (Å²) in [6.07, 6.45) is 5.75. The van der Waals surface area contributed by atoms with Gasteiger partial charge in [-0.2, -0.15) is 5.10 Å². The van der Waals surface area contributed by atoms with Crippen LogP contribution >= 0.6 is 0 Å². The van der Waals surface area contributed by atoms with E-state index in [4.69, 9.17) is 4.74 Å². The largest absolute Gasteiger partial charge is 0.373 e. The van der Waals surface area contributed by atoms with Crippen molar-refractivity contribution in [3.05, 3.63) is 17.5 Å². The lowest BCUT2D eigenvalue weighted by Gasteiger charge is -2.32. The van der Waals surface area contributed by atoms with Crippen molar-refractivity contribution in [3.8, 4) is 0 Å². The molecule has 0 aliphatic carbocycles. The second-order valence-corrected chi connectivity index (χ2v) is 5.06. The molecule has 1 aromatic rings. The van der Waals surface area contributed by atoms with Gasteiger partial charge in [-0.1, -0.05) is 13.8 Å². The van der Waals surface area contributed by atoms with Crippen molar-refractivity contribution in [2.75, 3.05) is 19.7 Å². The highest BCUT2D eigenvalue weighted by molar-refractivity contribution is 5.21. The van der Waals surface area contributed by atoms with E-state index in [2.05, 4.69) is 30.5 Å². The molecule has 1 aliphatic rings. The number of aromatic nitrogens is 2. The zero-order valence-electron chi connectivity index (χ0n) is 11.8. The van der Waals surface area contributed by atoms with Crippen LogP contribution in [0.25, 0.3) is 0 Å². The topological polar surface area (TPSA) is 39.1 Å². The van der Waals surface area contributed by atoms with E-state index in [1.54, 1.807) is 0 Å². The Balaban J connectivity index is 2.16. The van der Waals surface area contributed by atoms with E-state index in [0.29, 0.717) is 5.92 Å². The van der Waals surface area contributed by atoms with Crippen LogP contribution in [-0.4, -0.2) is 29.5 Å². The Labute approximate surface area is 110 Å². The molecular weight excluding hydrogens is 226 g/mol. The highest BCUT2D eigenvalue weighted by Gasteiger charge is 2.29. The quantitative estimate of drug-likeness (QED) is 0.870. The fraction of sp³-hybridized carbons (Fsp3) is 0.786. The number of aryl methyl sites for hydroxylation is 2. The molecule has 18 heavy (non-hydrogen) atoms. The Bertz CT molecular complexity index is 375. The van der Waals surface area contributed by atoms with Crippen molar-refractivity contribution in [1.82, 2.24) is 15.1 Å². The van der Waals surface area contributed by atoms with E-state index in [1.807, 2.05) is 11.7 Å². The molecule has 4 heteroatoms. The van der Waals surface area contributed by atoms with Crippen LogP contribution in [0.2, 0.25) is 0 Å². The molecule has 0 radical (unpaired) electrons. The smallest absolute Gasteiger partial charge is 0.0898 e. The average Bonchev–Trinajstić information content (AvgIpc) is 2.77. The molecule has 1 aromatic heterocycles. The monoisotopic (exact) mass is 251 g/mol. The zero-order valence-corrected chi connectivity index (χ0v) is 11.8. The highest BCUT2D eigenvalue weighted by atomic mass is 16.5. The van der Waals surface area contributed by atoms with Crippen LogP contribution in [0.4, 0.5) is 0 Å². The van der Waals surface area contributed by atoms with Gasteiger partial charge in [0.2, 0.25) is 0 Å². The predicted octanol–water partition coefficient (Wildman–Crippen LogP) is 2.06. The lowest BCUT2D eigenvalue weighted by atomic mass is 9.89. The van der Waals surface area contributed by atoms with Crippen LogP contribution in [-0.2, 0) is 18.2 Å².